The van der Waals surface area contributed by atoms with Crippen molar-refractivity contribution >= 4 is 35.2 Å². The van der Waals surface area contributed by atoms with Crippen molar-refractivity contribution in [1.29, 1.82) is 0 Å². The molecule has 9 heteroatoms. The fourth-order valence-corrected chi connectivity index (χ4v) is 3.72. The molecule has 0 spiro atoms. The third-order valence-corrected chi connectivity index (χ3v) is 5.08. The monoisotopic (exact) mass is 416 g/mol. The lowest BCUT2D eigenvalue weighted by Crippen LogP contribution is -2.35. The molecule has 4 rings (SSSR count). The molecule has 0 bridgehead atoms. The van der Waals surface area contributed by atoms with Crippen LogP contribution in [0.15, 0.2) is 30.6 Å². The summed E-state index contributed by atoms with van der Waals surface area (Å²) in [5.41, 5.74) is 1.23. The smallest absolute Gasteiger partial charge is 0.248 e. The molecule has 1 aliphatic carbocycles. The zero-order chi connectivity index (χ0) is 20.2. The van der Waals surface area contributed by atoms with E-state index in [2.05, 4.69) is 15.7 Å². The van der Waals surface area contributed by atoms with Gasteiger partial charge in [0.2, 0.25) is 18.6 Å². The fourth-order valence-electron chi connectivity index (χ4n) is 3.44. The van der Waals surface area contributed by atoms with E-state index in [1.165, 1.54) is 17.0 Å². The zero-order valence-electron chi connectivity index (χ0n) is 15.7. The lowest BCUT2D eigenvalue weighted by atomic mass is 10.2. The number of aromatic nitrogens is 2. The van der Waals surface area contributed by atoms with Crippen molar-refractivity contribution in [3.63, 3.8) is 0 Å². The number of benzene rings is 1. The van der Waals surface area contributed by atoms with Crippen LogP contribution in [0, 0.1) is 0 Å². The maximum atomic E-state index is 12.2. The Balaban J connectivity index is 1.30. The second-order valence-electron chi connectivity index (χ2n) is 7.03. The first-order chi connectivity index (χ1) is 14.1. The largest absolute Gasteiger partial charge is 0.454 e. The van der Waals surface area contributed by atoms with Crippen LogP contribution in [0.25, 0.3) is 6.08 Å². The van der Waals surface area contributed by atoms with Gasteiger partial charge in [0.1, 0.15) is 6.54 Å². The molecule has 8 nitrogen and oxygen atoms in total. The molecular weight excluding hydrogens is 396 g/mol. The van der Waals surface area contributed by atoms with E-state index in [9.17, 15) is 9.59 Å². The number of fused-ring (bicyclic) bond motifs is 1. The first-order valence-corrected chi connectivity index (χ1v) is 9.84. The Morgan fingerprint density at radius 3 is 2.93 bits per heavy atom. The number of amides is 2. The number of ether oxygens (including phenoxy) is 2. The second kappa shape index (κ2) is 8.57. The molecule has 29 heavy (non-hydrogen) atoms. The zero-order valence-corrected chi connectivity index (χ0v) is 16.4. The van der Waals surface area contributed by atoms with Gasteiger partial charge in [0, 0.05) is 18.3 Å². The number of anilines is 1. The standard InChI is InChI=1S/C20H21ClN4O4/c21-16-7-13(8-17-20(16)29-12-28-17)5-6-18(26)24-15-9-22-25(10-15)11-19(27)23-14-3-1-2-4-14/h5-10,14H,1-4,11-12H2,(H,23,27)(H,24,26)/b6-5+. The van der Waals surface area contributed by atoms with Crippen molar-refractivity contribution in [1.82, 2.24) is 15.1 Å². The summed E-state index contributed by atoms with van der Waals surface area (Å²) < 4.78 is 12.1. The molecule has 1 saturated carbocycles. The molecule has 2 heterocycles. The van der Waals surface area contributed by atoms with Crippen LogP contribution >= 0.6 is 11.6 Å². The molecule has 2 aliphatic rings. The SMILES string of the molecule is O=C(/C=C/c1cc(Cl)c2c(c1)OCO2)Nc1cnn(CC(=O)NC2CCCC2)c1. The third-order valence-electron chi connectivity index (χ3n) is 4.80. The van der Waals surface area contributed by atoms with Crippen molar-refractivity contribution in [2.24, 2.45) is 0 Å². The van der Waals surface area contributed by atoms with E-state index in [1.807, 2.05) is 0 Å². The number of hydrogen-bond acceptors (Lipinski definition) is 5. The first-order valence-electron chi connectivity index (χ1n) is 9.47. The van der Waals surface area contributed by atoms with Crippen molar-refractivity contribution in [2.45, 2.75) is 38.3 Å². The number of carbonyl (C=O) groups excluding carboxylic acids is 2. The Morgan fingerprint density at radius 1 is 1.28 bits per heavy atom. The molecule has 2 amide bonds. The van der Waals surface area contributed by atoms with Crippen molar-refractivity contribution in [3.8, 4) is 11.5 Å². The molecule has 1 aliphatic heterocycles. The molecule has 1 aromatic carbocycles. The van der Waals surface area contributed by atoms with Gasteiger partial charge in [-0.15, -0.1) is 0 Å². The summed E-state index contributed by atoms with van der Waals surface area (Å²) in [6, 6.07) is 3.71. The number of rotatable bonds is 6. The summed E-state index contributed by atoms with van der Waals surface area (Å²) in [5.74, 6) is 0.665. The van der Waals surface area contributed by atoms with Crippen LogP contribution in [0.5, 0.6) is 11.5 Å². The van der Waals surface area contributed by atoms with Gasteiger partial charge in [-0.2, -0.15) is 5.10 Å². The lowest BCUT2D eigenvalue weighted by molar-refractivity contribution is -0.122. The predicted octanol–water partition coefficient (Wildman–Crippen LogP) is 2.98. The van der Waals surface area contributed by atoms with Crippen molar-refractivity contribution < 1.29 is 19.1 Å². The van der Waals surface area contributed by atoms with E-state index in [0.717, 1.165) is 25.7 Å². The minimum Gasteiger partial charge on any atom is -0.454 e. The topological polar surface area (TPSA) is 94.5 Å². The quantitative estimate of drug-likeness (QED) is 0.706. The molecule has 1 aromatic heterocycles. The van der Waals surface area contributed by atoms with Crippen LogP contribution in [0.4, 0.5) is 5.69 Å². The van der Waals surface area contributed by atoms with Gasteiger partial charge in [0.25, 0.3) is 0 Å². The average molecular weight is 417 g/mol. The highest BCUT2D eigenvalue weighted by atomic mass is 35.5. The van der Waals surface area contributed by atoms with Gasteiger partial charge in [-0.05, 0) is 36.6 Å². The molecule has 2 aromatic rings. The maximum absolute atomic E-state index is 12.2. The van der Waals surface area contributed by atoms with Gasteiger partial charge in [0.15, 0.2) is 11.5 Å². The Kier molecular flexibility index (Phi) is 5.71. The van der Waals surface area contributed by atoms with E-state index in [-0.39, 0.29) is 31.2 Å². The summed E-state index contributed by atoms with van der Waals surface area (Å²) in [5, 5.41) is 10.3. The van der Waals surface area contributed by atoms with E-state index < -0.39 is 0 Å². The fraction of sp³-hybridized carbons (Fsp3) is 0.350. The van der Waals surface area contributed by atoms with Crippen LogP contribution < -0.4 is 20.1 Å². The van der Waals surface area contributed by atoms with Gasteiger partial charge >= 0.3 is 0 Å². The van der Waals surface area contributed by atoms with Gasteiger partial charge in [-0.25, -0.2) is 0 Å². The van der Waals surface area contributed by atoms with Gasteiger partial charge in [-0.3, -0.25) is 14.3 Å². The molecule has 152 valence electrons. The molecule has 0 atom stereocenters. The Hall–Kier alpha value is -3.00. The normalized spacial score (nSPS) is 15.8. The summed E-state index contributed by atoms with van der Waals surface area (Å²) in [6.07, 6.45) is 10.5. The highest BCUT2D eigenvalue weighted by molar-refractivity contribution is 6.32. The third kappa shape index (κ3) is 4.89. The first kappa shape index (κ1) is 19.3. The lowest BCUT2D eigenvalue weighted by Gasteiger charge is -2.11. The average Bonchev–Trinajstić information content (AvgIpc) is 3.42. The molecule has 2 N–H and O–H groups in total. The predicted molar refractivity (Wildman–Crippen MR) is 108 cm³/mol. The number of halogens is 1. The highest BCUT2D eigenvalue weighted by Crippen LogP contribution is 2.40. The molecule has 0 radical (unpaired) electrons. The number of hydrogen-bond donors (Lipinski definition) is 2. The molecule has 1 fully saturated rings. The summed E-state index contributed by atoms with van der Waals surface area (Å²) in [6.45, 7) is 0.253. The van der Waals surface area contributed by atoms with Crippen LogP contribution in [0.2, 0.25) is 5.02 Å². The number of nitrogens with zero attached hydrogens (tertiary/aromatic N) is 2. The molecule has 0 unspecified atom stereocenters. The summed E-state index contributed by atoms with van der Waals surface area (Å²) >= 11 is 6.13. The maximum Gasteiger partial charge on any atom is 0.248 e. The van der Waals surface area contributed by atoms with E-state index in [1.54, 1.807) is 24.4 Å². The molecular formula is C20H21ClN4O4. The summed E-state index contributed by atoms with van der Waals surface area (Å²) in [4.78, 5) is 24.2. The van der Waals surface area contributed by atoms with E-state index in [4.69, 9.17) is 21.1 Å². The van der Waals surface area contributed by atoms with Crippen LogP contribution in [-0.4, -0.2) is 34.4 Å². The van der Waals surface area contributed by atoms with E-state index >= 15 is 0 Å². The highest BCUT2D eigenvalue weighted by Gasteiger charge is 2.18. The van der Waals surface area contributed by atoms with Gasteiger partial charge < -0.3 is 20.1 Å². The van der Waals surface area contributed by atoms with E-state index in [0.29, 0.717) is 27.8 Å². The van der Waals surface area contributed by atoms with Crippen LogP contribution in [-0.2, 0) is 16.1 Å². The summed E-state index contributed by atoms with van der Waals surface area (Å²) in [7, 11) is 0. The van der Waals surface area contributed by atoms with Gasteiger partial charge in [0.05, 0.1) is 16.9 Å². The minimum atomic E-state index is -0.325. The number of carbonyl (C=O) groups is 2. The second-order valence-corrected chi connectivity index (χ2v) is 7.44. The van der Waals surface area contributed by atoms with Crippen LogP contribution in [0.1, 0.15) is 31.2 Å². The number of nitrogens with one attached hydrogen (secondary N) is 2. The minimum absolute atomic E-state index is 0.0718. The van der Waals surface area contributed by atoms with Gasteiger partial charge in [-0.1, -0.05) is 24.4 Å². The Bertz CT molecular complexity index is 950. The van der Waals surface area contributed by atoms with Crippen molar-refractivity contribution in [3.05, 3.63) is 41.2 Å². The molecule has 0 saturated heterocycles. The Morgan fingerprint density at radius 2 is 2.10 bits per heavy atom. The Labute approximate surface area is 172 Å². The van der Waals surface area contributed by atoms with Crippen molar-refractivity contribution in [2.75, 3.05) is 12.1 Å². The van der Waals surface area contributed by atoms with Crippen LogP contribution in [0.3, 0.4) is 0 Å².